The first-order valence-corrected chi connectivity index (χ1v) is 10.3. The molecule has 2 heterocycles. The average molecular weight is 375 g/mol. The quantitative estimate of drug-likeness (QED) is 0.767. The van der Waals surface area contributed by atoms with E-state index >= 15 is 0 Å². The predicted octanol–water partition coefficient (Wildman–Crippen LogP) is 2.97. The third-order valence-electron chi connectivity index (χ3n) is 6.71. The van der Waals surface area contributed by atoms with E-state index in [1.807, 2.05) is 11.0 Å². The molecule has 2 aliphatic heterocycles. The highest BCUT2D eigenvalue weighted by Gasteiger charge is 2.47. The maximum absolute atomic E-state index is 13.4. The monoisotopic (exact) mass is 374 g/mol. The van der Waals surface area contributed by atoms with Crippen LogP contribution in [0.25, 0.3) is 0 Å². The van der Waals surface area contributed by atoms with Crippen LogP contribution in [0, 0.1) is 23.1 Å². The Kier molecular flexibility index (Phi) is 5.51. The highest BCUT2D eigenvalue weighted by molar-refractivity contribution is 5.78. The van der Waals surface area contributed by atoms with E-state index in [0.717, 1.165) is 63.7 Å². The lowest BCUT2D eigenvalue weighted by molar-refractivity contribution is -0.133. The Balaban J connectivity index is 1.31. The fourth-order valence-corrected chi connectivity index (χ4v) is 4.89. The van der Waals surface area contributed by atoms with Gasteiger partial charge in [-0.1, -0.05) is 12.1 Å². The van der Waals surface area contributed by atoms with Crippen LogP contribution in [0.4, 0.5) is 4.39 Å². The summed E-state index contributed by atoms with van der Waals surface area (Å²) in [5.74, 6) is 1.22. The zero-order chi connectivity index (χ0) is 18.9. The number of carbonyl (C=O) groups is 1. The van der Waals surface area contributed by atoms with Gasteiger partial charge in [0.25, 0.3) is 0 Å². The Morgan fingerprint density at radius 1 is 1.26 bits per heavy atom. The second kappa shape index (κ2) is 7.88. The number of piperidine rings is 1. The topological polar surface area (TPSA) is 32.8 Å². The molecule has 1 saturated carbocycles. The van der Waals surface area contributed by atoms with Crippen molar-refractivity contribution in [1.82, 2.24) is 9.80 Å². The number of amides is 1. The van der Waals surface area contributed by atoms with E-state index in [1.165, 1.54) is 25.0 Å². The van der Waals surface area contributed by atoms with Gasteiger partial charge in [-0.25, -0.2) is 4.39 Å². The van der Waals surface area contributed by atoms with Crippen LogP contribution in [0.5, 0.6) is 0 Å². The lowest BCUT2D eigenvalue weighted by Crippen LogP contribution is -2.47. The van der Waals surface area contributed by atoms with E-state index in [1.54, 1.807) is 6.07 Å². The molecule has 4 rings (SSSR count). The number of halogens is 1. The zero-order valence-corrected chi connectivity index (χ0v) is 16.3. The van der Waals surface area contributed by atoms with Crippen molar-refractivity contribution in [1.29, 1.82) is 0 Å². The lowest BCUT2D eigenvalue weighted by Gasteiger charge is -2.42. The average Bonchev–Trinajstić information content (AvgIpc) is 3.40. The number of nitrogens with zero attached hydrogens (tertiary/aromatic N) is 2. The van der Waals surface area contributed by atoms with Crippen molar-refractivity contribution in [2.24, 2.45) is 17.3 Å². The van der Waals surface area contributed by atoms with Gasteiger partial charge >= 0.3 is 0 Å². The third kappa shape index (κ3) is 4.52. The van der Waals surface area contributed by atoms with E-state index in [2.05, 4.69) is 11.9 Å². The van der Waals surface area contributed by atoms with Crippen molar-refractivity contribution in [3.63, 3.8) is 0 Å². The Labute approximate surface area is 161 Å². The molecular formula is C22H31FN2O2. The van der Waals surface area contributed by atoms with Crippen molar-refractivity contribution < 1.29 is 13.9 Å². The molecule has 1 aromatic rings. The second-order valence-corrected chi connectivity index (χ2v) is 8.92. The molecule has 0 bridgehead atoms. The van der Waals surface area contributed by atoms with Gasteiger partial charge in [0.2, 0.25) is 5.91 Å². The third-order valence-corrected chi connectivity index (χ3v) is 6.71. The first-order valence-electron chi connectivity index (χ1n) is 10.3. The predicted molar refractivity (Wildman–Crippen MR) is 103 cm³/mol. The molecule has 2 saturated heterocycles. The minimum Gasteiger partial charge on any atom is -0.381 e. The van der Waals surface area contributed by atoms with Gasteiger partial charge in [-0.3, -0.25) is 4.79 Å². The molecule has 1 amide bonds. The van der Waals surface area contributed by atoms with Crippen molar-refractivity contribution in [2.75, 3.05) is 46.4 Å². The number of ether oxygens (including phenoxy) is 1. The van der Waals surface area contributed by atoms with Gasteiger partial charge in [0, 0.05) is 38.7 Å². The Morgan fingerprint density at radius 2 is 2.04 bits per heavy atom. The molecule has 0 N–H and O–H groups in total. The Morgan fingerprint density at radius 3 is 2.74 bits per heavy atom. The standard InChI is InChI=1S/C22H31FN2O2/c1-24-13-19(15-27-14-17-5-6-17)22(16-24)7-9-25(10-8-22)21(26)12-18-3-2-4-20(23)11-18/h2-4,11,17,19H,5-10,12-16H2,1H3. The summed E-state index contributed by atoms with van der Waals surface area (Å²) in [6.45, 7) is 5.60. The smallest absolute Gasteiger partial charge is 0.226 e. The first-order chi connectivity index (χ1) is 13.0. The molecule has 1 atom stereocenters. The van der Waals surface area contributed by atoms with Crippen LogP contribution in [0.3, 0.4) is 0 Å². The molecule has 3 fully saturated rings. The molecular weight excluding hydrogens is 343 g/mol. The maximum atomic E-state index is 13.4. The molecule has 0 aromatic heterocycles. The molecule has 0 radical (unpaired) electrons. The number of hydrogen-bond donors (Lipinski definition) is 0. The molecule has 5 heteroatoms. The van der Waals surface area contributed by atoms with E-state index in [-0.39, 0.29) is 17.1 Å². The van der Waals surface area contributed by atoms with Crippen LogP contribution < -0.4 is 0 Å². The van der Waals surface area contributed by atoms with Crippen LogP contribution >= 0.6 is 0 Å². The van der Waals surface area contributed by atoms with E-state index < -0.39 is 0 Å². The summed E-state index contributed by atoms with van der Waals surface area (Å²) in [4.78, 5) is 17.0. The van der Waals surface area contributed by atoms with Gasteiger partial charge < -0.3 is 14.5 Å². The Bertz CT molecular complexity index is 668. The Hall–Kier alpha value is -1.46. The molecule has 1 unspecified atom stereocenters. The van der Waals surface area contributed by atoms with Crippen LogP contribution in [0.15, 0.2) is 24.3 Å². The molecule has 3 aliphatic rings. The summed E-state index contributed by atoms with van der Waals surface area (Å²) in [5, 5.41) is 0. The zero-order valence-electron chi connectivity index (χ0n) is 16.3. The van der Waals surface area contributed by atoms with E-state index in [9.17, 15) is 9.18 Å². The summed E-state index contributed by atoms with van der Waals surface area (Å²) in [5.41, 5.74) is 1.04. The number of rotatable bonds is 6. The number of hydrogen-bond acceptors (Lipinski definition) is 3. The number of carbonyl (C=O) groups excluding carboxylic acids is 1. The van der Waals surface area contributed by atoms with Gasteiger partial charge in [0.15, 0.2) is 0 Å². The molecule has 1 aromatic carbocycles. The molecule has 27 heavy (non-hydrogen) atoms. The van der Waals surface area contributed by atoms with Gasteiger partial charge in [-0.2, -0.15) is 0 Å². The summed E-state index contributed by atoms with van der Waals surface area (Å²) in [7, 11) is 2.20. The molecule has 4 nitrogen and oxygen atoms in total. The first kappa shape index (κ1) is 18.9. The molecule has 1 spiro atoms. The van der Waals surface area contributed by atoms with Gasteiger partial charge in [0.1, 0.15) is 5.82 Å². The van der Waals surface area contributed by atoms with Crippen LogP contribution in [-0.2, 0) is 16.0 Å². The van der Waals surface area contributed by atoms with Crippen molar-refractivity contribution in [2.45, 2.75) is 32.1 Å². The van der Waals surface area contributed by atoms with Crippen molar-refractivity contribution >= 4 is 5.91 Å². The van der Waals surface area contributed by atoms with Crippen LogP contribution in [0.2, 0.25) is 0 Å². The minimum absolute atomic E-state index is 0.114. The molecule has 1 aliphatic carbocycles. The summed E-state index contributed by atoms with van der Waals surface area (Å²) in [6, 6.07) is 6.37. The summed E-state index contributed by atoms with van der Waals surface area (Å²) in [6.07, 6.45) is 5.04. The normalized spacial score (nSPS) is 25.3. The number of likely N-dealkylation sites (tertiary alicyclic amines) is 2. The lowest BCUT2D eigenvalue weighted by atomic mass is 9.71. The SMILES string of the molecule is CN1CC(COCC2CC2)C2(CCN(C(=O)Cc3cccc(F)c3)CC2)C1. The van der Waals surface area contributed by atoms with Crippen molar-refractivity contribution in [3.05, 3.63) is 35.6 Å². The molecule has 148 valence electrons. The highest BCUT2D eigenvalue weighted by Crippen LogP contribution is 2.44. The van der Waals surface area contributed by atoms with Crippen LogP contribution in [0.1, 0.15) is 31.2 Å². The fourth-order valence-electron chi connectivity index (χ4n) is 4.89. The second-order valence-electron chi connectivity index (χ2n) is 8.92. The van der Waals surface area contributed by atoms with E-state index in [4.69, 9.17) is 4.74 Å². The fraction of sp³-hybridized carbons (Fsp3) is 0.682. The van der Waals surface area contributed by atoms with Crippen molar-refractivity contribution in [3.8, 4) is 0 Å². The van der Waals surface area contributed by atoms with Gasteiger partial charge in [0.05, 0.1) is 13.0 Å². The van der Waals surface area contributed by atoms with E-state index in [0.29, 0.717) is 12.3 Å². The number of benzene rings is 1. The maximum Gasteiger partial charge on any atom is 0.226 e. The minimum atomic E-state index is -0.277. The summed E-state index contributed by atoms with van der Waals surface area (Å²) >= 11 is 0. The van der Waals surface area contributed by atoms with Crippen LogP contribution in [-0.4, -0.2) is 62.1 Å². The van der Waals surface area contributed by atoms with Gasteiger partial charge in [-0.05, 0) is 61.8 Å². The highest BCUT2D eigenvalue weighted by atomic mass is 19.1. The largest absolute Gasteiger partial charge is 0.381 e. The summed E-state index contributed by atoms with van der Waals surface area (Å²) < 4.78 is 19.4. The van der Waals surface area contributed by atoms with Gasteiger partial charge in [-0.15, -0.1) is 0 Å².